The highest BCUT2D eigenvalue weighted by Gasteiger charge is 2.42. The van der Waals surface area contributed by atoms with Crippen molar-refractivity contribution in [3.05, 3.63) is 35.6 Å². The average molecular weight is 277 g/mol. The zero-order valence-corrected chi connectivity index (χ0v) is 12.2. The monoisotopic (exact) mass is 277 g/mol. The molecule has 3 heteroatoms. The Morgan fingerprint density at radius 3 is 2.75 bits per heavy atom. The molecule has 1 aliphatic carbocycles. The van der Waals surface area contributed by atoms with Gasteiger partial charge in [0.15, 0.2) is 0 Å². The van der Waals surface area contributed by atoms with E-state index in [2.05, 4.69) is 5.32 Å². The van der Waals surface area contributed by atoms with Crippen LogP contribution in [0.2, 0.25) is 0 Å². The quantitative estimate of drug-likeness (QED) is 0.906. The fourth-order valence-electron chi connectivity index (χ4n) is 4.09. The zero-order chi connectivity index (χ0) is 14.0. The lowest BCUT2D eigenvalue weighted by Gasteiger charge is -2.41. The standard InChI is InChI=1S/C17H24FNO/c1-19-16(14-6-2-3-7-15(14)18)13-8-11-20-17(12-13)9-4-5-10-17/h2-3,6-7,13,16,19H,4-5,8-12H2,1H3. The van der Waals surface area contributed by atoms with E-state index in [4.69, 9.17) is 4.74 Å². The van der Waals surface area contributed by atoms with Gasteiger partial charge in [0.25, 0.3) is 0 Å². The SMILES string of the molecule is CNC(c1ccccc1F)C1CCOC2(CCCC2)C1. The van der Waals surface area contributed by atoms with Crippen LogP contribution in [0.4, 0.5) is 4.39 Å². The number of benzene rings is 1. The summed E-state index contributed by atoms with van der Waals surface area (Å²) >= 11 is 0. The van der Waals surface area contributed by atoms with Crippen LogP contribution in [0.3, 0.4) is 0 Å². The van der Waals surface area contributed by atoms with E-state index in [1.807, 2.05) is 19.2 Å². The second-order valence-electron chi connectivity index (χ2n) is 6.28. The van der Waals surface area contributed by atoms with Crippen molar-refractivity contribution < 1.29 is 9.13 Å². The van der Waals surface area contributed by atoms with Gasteiger partial charge < -0.3 is 10.1 Å². The minimum atomic E-state index is -0.0983. The molecule has 1 N–H and O–H groups in total. The highest BCUT2D eigenvalue weighted by atomic mass is 19.1. The molecule has 0 amide bonds. The maximum atomic E-state index is 14.1. The predicted molar refractivity (Wildman–Crippen MR) is 78.1 cm³/mol. The van der Waals surface area contributed by atoms with Crippen molar-refractivity contribution >= 4 is 0 Å². The molecule has 1 aliphatic heterocycles. The van der Waals surface area contributed by atoms with Crippen LogP contribution in [0.25, 0.3) is 0 Å². The molecule has 1 aromatic rings. The van der Waals surface area contributed by atoms with Crippen molar-refractivity contribution in [1.82, 2.24) is 5.32 Å². The molecule has 2 aliphatic rings. The second-order valence-corrected chi connectivity index (χ2v) is 6.28. The molecule has 20 heavy (non-hydrogen) atoms. The minimum Gasteiger partial charge on any atom is -0.375 e. The van der Waals surface area contributed by atoms with Gasteiger partial charge in [0.2, 0.25) is 0 Å². The highest BCUT2D eigenvalue weighted by Crippen LogP contribution is 2.45. The molecule has 2 unspecified atom stereocenters. The van der Waals surface area contributed by atoms with Crippen LogP contribution in [0.1, 0.15) is 50.1 Å². The highest BCUT2D eigenvalue weighted by molar-refractivity contribution is 5.22. The first-order valence-electron chi connectivity index (χ1n) is 7.80. The molecule has 3 rings (SSSR count). The van der Waals surface area contributed by atoms with Gasteiger partial charge in [-0.15, -0.1) is 0 Å². The molecule has 1 heterocycles. The van der Waals surface area contributed by atoms with Crippen LogP contribution in [0.5, 0.6) is 0 Å². The molecule has 1 saturated heterocycles. The molecule has 2 nitrogen and oxygen atoms in total. The molecule has 2 fully saturated rings. The van der Waals surface area contributed by atoms with E-state index in [0.717, 1.165) is 25.0 Å². The Kier molecular flexibility index (Phi) is 4.08. The first-order chi connectivity index (χ1) is 9.74. The van der Waals surface area contributed by atoms with E-state index >= 15 is 0 Å². The Morgan fingerprint density at radius 2 is 2.05 bits per heavy atom. The van der Waals surface area contributed by atoms with Gasteiger partial charge in [0, 0.05) is 18.2 Å². The maximum Gasteiger partial charge on any atom is 0.127 e. The largest absolute Gasteiger partial charge is 0.375 e. The Labute approximate surface area is 120 Å². The molecule has 1 saturated carbocycles. The normalized spacial score (nSPS) is 26.8. The zero-order valence-electron chi connectivity index (χ0n) is 12.2. The van der Waals surface area contributed by atoms with Gasteiger partial charge in [-0.1, -0.05) is 31.0 Å². The van der Waals surface area contributed by atoms with E-state index in [9.17, 15) is 4.39 Å². The van der Waals surface area contributed by atoms with Gasteiger partial charge in [-0.05, 0) is 44.7 Å². The summed E-state index contributed by atoms with van der Waals surface area (Å²) in [5, 5.41) is 3.34. The molecule has 0 bridgehead atoms. The van der Waals surface area contributed by atoms with Crippen LogP contribution in [0, 0.1) is 11.7 Å². The molecular weight excluding hydrogens is 253 g/mol. The molecule has 2 atom stereocenters. The van der Waals surface area contributed by atoms with Gasteiger partial charge in [-0.25, -0.2) is 4.39 Å². The summed E-state index contributed by atoms with van der Waals surface area (Å²) in [7, 11) is 1.94. The van der Waals surface area contributed by atoms with E-state index in [1.165, 1.54) is 25.7 Å². The van der Waals surface area contributed by atoms with Crippen molar-refractivity contribution in [3.8, 4) is 0 Å². The van der Waals surface area contributed by atoms with Crippen molar-refractivity contribution in [2.75, 3.05) is 13.7 Å². The summed E-state index contributed by atoms with van der Waals surface area (Å²) in [5.74, 6) is 0.363. The lowest BCUT2D eigenvalue weighted by molar-refractivity contribution is -0.0980. The summed E-state index contributed by atoms with van der Waals surface area (Å²) in [6.45, 7) is 0.817. The van der Waals surface area contributed by atoms with Crippen molar-refractivity contribution in [3.63, 3.8) is 0 Å². The molecule has 0 radical (unpaired) electrons. The molecule has 1 spiro atoms. The summed E-state index contributed by atoms with van der Waals surface area (Å²) in [6, 6.07) is 7.25. The Balaban J connectivity index is 1.81. The van der Waals surface area contributed by atoms with Crippen LogP contribution >= 0.6 is 0 Å². The first-order valence-corrected chi connectivity index (χ1v) is 7.80. The van der Waals surface area contributed by atoms with E-state index in [0.29, 0.717) is 5.92 Å². The minimum absolute atomic E-state index is 0.0866. The molecule has 1 aromatic carbocycles. The van der Waals surface area contributed by atoms with Gasteiger partial charge >= 0.3 is 0 Å². The fourth-order valence-corrected chi connectivity index (χ4v) is 4.09. The number of rotatable bonds is 3. The topological polar surface area (TPSA) is 21.3 Å². The molecule has 0 aromatic heterocycles. The third-order valence-electron chi connectivity index (χ3n) is 5.07. The smallest absolute Gasteiger partial charge is 0.127 e. The van der Waals surface area contributed by atoms with Crippen molar-refractivity contribution in [2.24, 2.45) is 5.92 Å². The van der Waals surface area contributed by atoms with Crippen LogP contribution in [-0.4, -0.2) is 19.3 Å². The molecule has 110 valence electrons. The lowest BCUT2D eigenvalue weighted by Crippen LogP contribution is -2.41. The number of ether oxygens (including phenoxy) is 1. The summed E-state index contributed by atoms with van der Waals surface area (Å²) < 4.78 is 20.2. The number of nitrogens with one attached hydrogen (secondary N) is 1. The Bertz CT molecular complexity index is 456. The van der Waals surface area contributed by atoms with E-state index < -0.39 is 0 Å². The third kappa shape index (κ3) is 2.61. The Hall–Kier alpha value is -0.930. The van der Waals surface area contributed by atoms with Gasteiger partial charge in [0.1, 0.15) is 5.82 Å². The number of hydrogen-bond acceptors (Lipinski definition) is 2. The van der Waals surface area contributed by atoms with Gasteiger partial charge in [-0.3, -0.25) is 0 Å². The van der Waals surface area contributed by atoms with Crippen LogP contribution in [-0.2, 0) is 4.74 Å². The first kappa shape index (κ1) is 14.0. The number of halogens is 1. The fraction of sp³-hybridized carbons (Fsp3) is 0.647. The van der Waals surface area contributed by atoms with Gasteiger partial charge in [0.05, 0.1) is 5.60 Å². The average Bonchev–Trinajstić information content (AvgIpc) is 2.90. The van der Waals surface area contributed by atoms with Crippen molar-refractivity contribution in [1.29, 1.82) is 0 Å². The maximum absolute atomic E-state index is 14.1. The summed E-state index contributed by atoms with van der Waals surface area (Å²) in [5.41, 5.74) is 0.888. The van der Waals surface area contributed by atoms with Crippen molar-refractivity contribution in [2.45, 2.75) is 50.2 Å². The molecular formula is C17H24FNO. The van der Waals surface area contributed by atoms with E-state index in [1.54, 1.807) is 12.1 Å². The Morgan fingerprint density at radius 1 is 1.30 bits per heavy atom. The third-order valence-corrected chi connectivity index (χ3v) is 5.07. The second kappa shape index (κ2) is 5.82. The summed E-state index contributed by atoms with van der Waals surface area (Å²) in [6.07, 6.45) is 6.98. The summed E-state index contributed by atoms with van der Waals surface area (Å²) in [4.78, 5) is 0. The van der Waals surface area contributed by atoms with E-state index in [-0.39, 0.29) is 17.5 Å². The predicted octanol–water partition coefficient (Wildman–Crippen LogP) is 3.83. The van der Waals surface area contributed by atoms with Gasteiger partial charge in [-0.2, -0.15) is 0 Å². The lowest BCUT2D eigenvalue weighted by atomic mass is 9.78. The van der Waals surface area contributed by atoms with Crippen LogP contribution in [0.15, 0.2) is 24.3 Å². The van der Waals surface area contributed by atoms with Crippen LogP contribution < -0.4 is 5.32 Å². The number of hydrogen-bond donors (Lipinski definition) is 1.